The van der Waals surface area contributed by atoms with Gasteiger partial charge < -0.3 is 9.47 Å². The van der Waals surface area contributed by atoms with Crippen LogP contribution in [0.15, 0.2) is 24.3 Å². The molecule has 2 heterocycles. The smallest absolute Gasteiger partial charge is 0.119 e. The maximum absolute atomic E-state index is 8.79. The van der Waals surface area contributed by atoms with Crippen LogP contribution < -0.4 is 4.74 Å². The first-order valence-corrected chi connectivity index (χ1v) is 8.99. The van der Waals surface area contributed by atoms with E-state index in [1.807, 2.05) is 12.1 Å². The number of likely N-dealkylation sites (tertiary alicyclic amines) is 1. The van der Waals surface area contributed by atoms with Gasteiger partial charge in [0.05, 0.1) is 24.8 Å². The van der Waals surface area contributed by atoms with E-state index in [9.17, 15) is 0 Å². The van der Waals surface area contributed by atoms with E-state index in [4.69, 9.17) is 14.7 Å². The second-order valence-corrected chi connectivity index (χ2v) is 6.68. The van der Waals surface area contributed by atoms with Crippen LogP contribution in [0.1, 0.15) is 18.4 Å². The minimum absolute atomic E-state index is 0.671. The Hall–Kier alpha value is -1.61. The molecule has 24 heavy (non-hydrogen) atoms. The lowest BCUT2D eigenvalue weighted by molar-refractivity contribution is 0.0240. The van der Waals surface area contributed by atoms with Gasteiger partial charge in [-0.15, -0.1) is 0 Å². The van der Waals surface area contributed by atoms with Crippen LogP contribution in [0.4, 0.5) is 0 Å². The lowest BCUT2D eigenvalue weighted by Crippen LogP contribution is -2.43. The number of ether oxygens (including phenoxy) is 2. The molecule has 5 nitrogen and oxygen atoms in total. The molecule has 3 rings (SSSR count). The summed E-state index contributed by atoms with van der Waals surface area (Å²) in [7, 11) is 0. The van der Waals surface area contributed by atoms with Crippen molar-refractivity contribution in [3.63, 3.8) is 0 Å². The SMILES string of the molecule is N#Cc1ccc(OCCN2CCC(CN3CCOCC3)CC2)cc1. The van der Waals surface area contributed by atoms with E-state index in [1.54, 1.807) is 12.1 Å². The van der Waals surface area contributed by atoms with Crippen LogP contribution in [0, 0.1) is 17.2 Å². The summed E-state index contributed by atoms with van der Waals surface area (Å²) in [6.45, 7) is 9.25. The van der Waals surface area contributed by atoms with Gasteiger partial charge in [-0.2, -0.15) is 5.26 Å². The van der Waals surface area contributed by atoms with Gasteiger partial charge in [0.25, 0.3) is 0 Å². The van der Waals surface area contributed by atoms with Crippen molar-refractivity contribution in [1.82, 2.24) is 9.80 Å². The van der Waals surface area contributed by atoms with Crippen LogP contribution in [-0.2, 0) is 4.74 Å². The van der Waals surface area contributed by atoms with Crippen molar-refractivity contribution in [2.45, 2.75) is 12.8 Å². The maximum Gasteiger partial charge on any atom is 0.119 e. The molecule has 130 valence electrons. The summed E-state index contributed by atoms with van der Waals surface area (Å²) < 4.78 is 11.2. The lowest BCUT2D eigenvalue weighted by Gasteiger charge is -2.36. The molecular formula is C19H27N3O2. The first kappa shape index (κ1) is 17.2. The van der Waals surface area contributed by atoms with E-state index in [1.165, 1.54) is 32.5 Å². The molecule has 2 aliphatic rings. The van der Waals surface area contributed by atoms with Gasteiger partial charge in [-0.05, 0) is 56.1 Å². The van der Waals surface area contributed by atoms with Gasteiger partial charge in [0, 0.05) is 26.2 Å². The summed E-state index contributed by atoms with van der Waals surface area (Å²) in [4.78, 5) is 5.05. The molecule has 2 fully saturated rings. The predicted molar refractivity (Wildman–Crippen MR) is 93.1 cm³/mol. The third-order valence-corrected chi connectivity index (χ3v) is 4.99. The molecule has 0 radical (unpaired) electrons. The predicted octanol–water partition coefficient (Wildman–Crippen LogP) is 1.98. The van der Waals surface area contributed by atoms with Crippen LogP contribution >= 0.6 is 0 Å². The Labute approximate surface area is 144 Å². The normalized spacial score (nSPS) is 20.6. The van der Waals surface area contributed by atoms with Gasteiger partial charge in [0.1, 0.15) is 12.4 Å². The van der Waals surface area contributed by atoms with Gasteiger partial charge >= 0.3 is 0 Å². The molecular weight excluding hydrogens is 302 g/mol. The van der Waals surface area contributed by atoms with Crippen molar-refractivity contribution in [2.75, 3.05) is 59.1 Å². The van der Waals surface area contributed by atoms with Crippen molar-refractivity contribution in [1.29, 1.82) is 5.26 Å². The highest BCUT2D eigenvalue weighted by molar-refractivity contribution is 5.34. The van der Waals surface area contributed by atoms with Crippen LogP contribution in [0.2, 0.25) is 0 Å². The van der Waals surface area contributed by atoms with E-state index < -0.39 is 0 Å². The van der Waals surface area contributed by atoms with E-state index in [0.29, 0.717) is 12.2 Å². The van der Waals surface area contributed by atoms with Crippen molar-refractivity contribution < 1.29 is 9.47 Å². The van der Waals surface area contributed by atoms with Crippen LogP contribution in [0.5, 0.6) is 5.75 Å². The maximum atomic E-state index is 8.79. The second kappa shape index (κ2) is 9.03. The first-order chi connectivity index (χ1) is 11.8. The van der Waals surface area contributed by atoms with Gasteiger partial charge in [0.15, 0.2) is 0 Å². The molecule has 0 aromatic heterocycles. The first-order valence-electron chi connectivity index (χ1n) is 8.99. The number of nitriles is 1. The Morgan fingerprint density at radius 1 is 1.04 bits per heavy atom. The quantitative estimate of drug-likeness (QED) is 0.799. The van der Waals surface area contributed by atoms with Crippen molar-refractivity contribution in [3.8, 4) is 11.8 Å². The third kappa shape index (κ3) is 5.20. The molecule has 2 aliphatic heterocycles. The molecule has 1 aromatic carbocycles. The fourth-order valence-corrected chi connectivity index (χ4v) is 3.46. The summed E-state index contributed by atoms with van der Waals surface area (Å²) >= 11 is 0. The number of hydrogen-bond acceptors (Lipinski definition) is 5. The monoisotopic (exact) mass is 329 g/mol. The highest BCUT2D eigenvalue weighted by Crippen LogP contribution is 2.19. The average Bonchev–Trinajstić information content (AvgIpc) is 2.65. The van der Waals surface area contributed by atoms with Crippen LogP contribution in [-0.4, -0.2) is 68.9 Å². The summed E-state index contributed by atoms with van der Waals surface area (Å²) in [5.74, 6) is 1.68. The Kier molecular flexibility index (Phi) is 6.48. The van der Waals surface area contributed by atoms with E-state index in [0.717, 1.165) is 44.5 Å². The van der Waals surface area contributed by atoms with Gasteiger partial charge in [-0.25, -0.2) is 0 Å². The topological polar surface area (TPSA) is 48.7 Å². The number of benzene rings is 1. The summed E-state index contributed by atoms with van der Waals surface area (Å²) in [6, 6.07) is 9.45. The Bertz CT molecular complexity index is 527. The van der Waals surface area contributed by atoms with Gasteiger partial charge in [-0.1, -0.05) is 0 Å². The van der Waals surface area contributed by atoms with Crippen molar-refractivity contribution >= 4 is 0 Å². The molecule has 5 heteroatoms. The van der Waals surface area contributed by atoms with E-state index >= 15 is 0 Å². The van der Waals surface area contributed by atoms with E-state index in [-0.39, 0.29) is 0 Å². The van der Waals surface area contributed by atoms with E-state index in [2.05, 4.69) is 15.9 Å². The molecule has 2 saturated heterocycles. The zero-order valence-electron chi connectivity index (χ0n) is 14.3. The molecule has 0 amide bonds. The summed E-state index contributed by atoms with van der Waals surface area (Å²) in [5.41, 5.74) is 0.671. The fraction of sp³-hybridized carbons (Fsp3) is 0.632. The van der Waals surface area contributed by atoms with Crippen LogP contribution in [0.25, 0.3) is 0 Å². The summed E-state index contributed by atoms with van der Waals surface area (Å²) in [6.07, 6.45) is 2.57. The standard InChI is InChI=1S/C19H27N3O2/c20-15-17-1-3-19(4-2-17)24-14-11-21-7-5-18(6-8-21)16-22-9-12-23-13-10-22/h1-4,18H,5-14,16H2. The third-order valence-electron chi connectivity index (χ3n) is 4.99. The Morgan fingerprint density at radius 2 is 1.75 bits per heavy atom. The summed E-state index contributed by atoms with van der Waals surface area (Å²) in [5, 5.41) is 8.79. The minimum Gasteiger partial charge on any atom is -0.492 e. The zero-order valence-corrected chi connectivity index (χ0v) is 14.3. The van der Waals surface area contributed by atoms with Crippen molar-refractivity contribution in [3.05, 3.63) is 29.8 Å². The highest BCUT2D eigenvalue weighted by Gasteiger charge is 2.22. The Morgan fingerprint density at radius 3 is 2.42 bits per heavy atom. The molecule has 0 bridgehead atoms. The second-order valence-electron chi connectivity index (χ2n) is 6.68. The Balaban J connectivity index is 1.31. The molecule has 0 saturated carbocycles. The van der Waals surface area contributed by atoms with Crippen molar-refractivity contribution in [2.24, 2.45) is 5.92 Å². The number of piperidine rings is 1. The highest BCUT2D eigenvalue weighted by atomic mass is 16.5. The molecule has 1 aromatic rings. The minimum atomic E-state index is 0.671. The van der Waals surface area contributed by atoms with Gasteiger partial charge in [0.2, 0.25) is 0 Å². The largest absolute Gasteiger partial charge is 0.492 e. The van der Waals surface area contributed by atoms with Crippen LogP contribution in [0.3, 0.4) is 0 Å². The molecule has 0 N–H and O–H groups in total. The fourth-order valence-electron chi connectivity index (χ4n) is 3.46. The lowest BCUT2D eigenvalue weighted by atomic mass is 9.96. The average molecular weight is 329 g/mol. The number of rotatable bonds is 6. The molecule has 0 atom stereocenters. The molecule has 0 unspecified atom stereocenters. The molecule has 0 aliphatic carbocycles. The number of nitrogens with zero attached hydrogens (tertiary/aromatic N) is 3. The van der Waals surface area contributed by atoms with Gasteiger partial charge in [-0.3, -0.25) is 9.80 Å². The zero-order chi connectivity index (χ0) is 16.6. The number of hydrogen-bond donors (Lipinski definition) is 0. The molecule has 0 spiro atoms. The number of morpholine rings is 1.